The molecule has 150 heavy (non-hydrogen) atoms. The molecule has 0 saturated carbocycles. The van der Waals surface area contributed by atoms with Crippen molar-refractivity contribution in [3.8, 4) is 0 Å². The predicted octanol–water partition coefficient (Wildman–Crippen LogP) is 36.5. The molecule has 0 aliphatic heterocycles. The molecule has 20 aromatic carbocycles. The summed E-state index contributed by atoms with van der Waals surface area (Å²) in [6.07, 6.45) is 0. The van der Waals surface area contributed by atoms with Crippen LogP contribution in [0.5, 0.6) is 0 Å². The Morgan fingerprint density at radius 3 is 0.180 bits per heavy atom. The van der Waals surface area contributed by atoms with E-state index in [1.165, 1.54) is 0 Å². The molecule has 0 spiro atoms. The van der Waals surface area contributed by atoms with Crippen molar-refractivity contribution >= 4 is 239 Å². The van der Waals surface area contributed by atoms with Crippen LogP contribution in [0.2, 0.25) is 0 Å². The van der Waals surface area contributed by atoms with Crippen LogP contribution in [0.15, 0.2) is 607 Å². The molecule has 20 aromatic rings. The van der Waals surface area contributed by atoms with E-state index in [0.717, 1.165) is 71.4 Å². The van der Waals surface area contributed by atoms with Gasteiger partial charge in [0.1, 0.15) is 0 Å². The zero-order valence-electron chi connectivity index (χ0n) is 80.4. The zero-order valence-corrected chi connectivity index (χ0v) is 102. The second-order valence-electron chi connectivity index (χ2n) is 30.7. The summed E-state index contributed by atoms with van der Waals surface area (Å²) < 4.78 is 157. The van der Waals surface area contributed by atoms with Crippen molar-refractivity contribution in [1.29, 1.82) is 0 Å². The topological polar surface area (TPSA) is 92.3 Å². The molecule has 10 nitrogen and oxygen atoms in total. The molecule has 0 heterocycles. The summed E-state index contributed by atoms with van der Waals surface area (Å²) in [4.78, 5) is 0. The molecular weight excluding hydrogens is 3020 g/mol. The van der Waals surface area contributed by atoms with E-state index >= 15 is 21.6 Å². The summed E-state index contributed by atoms with van der Waals surface area (Å²) in [7, 11) is -8.88. The van der Waals surface area contributed by atoms with Crippen LogP contribution < -0.4 is 0 Å². The fourth-order valence-electron chi connectivity index (χ4n) is 13.6. The van der Waals surface area contributed by atoms with Crippen LogP contribution in [0.25, 0.3) is 0 Å². The van der Waals surface area contributed by atoms with Crippen molar-refractivity contribution in [1.82, 2.24) is 0 Å². The first kappa shape index (κ1) is 114. The normalized spacial score (nSPS) is 11.6. The van der Waals surface area contributed by atoms with E-state index in [1.807, 2.05) is 607 Å². The Labute approximate surface area is 955 Å². The Bertz CT molecular complexity index is 5300. The van der Waals surface area contributed by atoms with Crippen LogP contribution in [-0.2, 0) is 29.8 Å². The Morgan fingerprint density at radius 2 is 0.133 bits per heavy atom. The molecule has 20 rings (SSSR count). The van der Waals surface area contributed by atoms with E-state index in [0.29, 0.717) is 0 Å². The monoisotopic (exact) mass is 3120 g/mol. The Morgan fingerprint density at radius 1 is 0.0867 bits per heavy atom. The van der Waals surface area contributed by atoms with Gasteiger partial charge in [-0.3, -0.25) is 0 Å². The summed E-state index contributed by atoms with van der Waals surface area (Å²) >= 11 is -24.5. The van der Waals surface area contributed by atoms with Crippen LogP contribution in [0.4, 0.5) is 21.6 Å². The maximum atomic E-state index is 15.3. The first-order chi connectivity index (χ1) is 74.0. The van der Waals surface area contributed by atoms with Crippen LogP contribution in [0.3, 0.4) is 0 Å². The van der Waals surface area contributed by atoms with E-state index in [1.54, 1.807) is 0 Å². The standard InChI is InChI=1S/5C24H20BFI2O2/c5*26-25(29-27(21-13-5-1-6-14-21)22-15-7-2-8-16-22)30-28(23-17-9-3-10-18-23)24-19-11-4-12-20-24/h5*1-20H. The number of hydrogen-bond acceptors (Lipinski definition) is 10. The Kier molecular flexibility index (Phi) is 48.5. The number of rotatable bonds is 40. The Balaban J connectivity index is 0.000000133. The number of halogens is 15. The molecule has 0 aliphatic carbocycles. The Hall–Kier alpha value is -8.73. The van der Waals surface area contributed by atoms with Crippen LogP contribution in [-0.4, -0.2) is 37.0 Å². The van der Waals surface area contributed by atoms with E-state index < -0.39 is 239 Å². The molecule has 0 saturated heterocycles. The van der Waals surface area contributed by atoms with Gasteiger partial charge in [-0.25, -0.2) is 0 Å². The molecule has 0 aliphatic rings. The van der Waals surface area contributed by atoms with Gasteiger partial charge in [0.15, 0.2) is 0 Å². The molecule has 0 atom stereocenters. The van der Waals surface area contributed by atoms with Gasteiger partial charge in [-0.05, 0) is 0 Å². The summed E-state index contributed by atoms with van der Waals surface area (Å²) in [5, 5.41) is 0. The number of hydrogen-bond donors (Lipinski definition) is 0. The van der Waals surface area contributed by atoms with Crippen molar-refractivity contribution < 1.29 is 51.4 Å². The predicted molar refractivity (Wildman–Crippen MR) is 688 cm³/mol. The first-order valence-corrected chi connectivity index (χ1v) is 77.4. The molecule has 0 N–H and O–H groups in total. The van der Waals surface area contributed by atoms with Crippen LogP contribution >= 0.6 is 202 Å². The minimum absolute atomic E-state index is 1.04. The molecule has 0 aromatic heterocycles. The van der Waals surface area contributed by atoms with E-state index in [2.05, 4.69) is 0 Å². The average Bonchev–Trinajstić information content (AvgIpc) is 0.834. The molecule has 760 valence electrons. The molecule has 0 amide bonds. The summed E-state index contributed by atoms with van der Waals surface area (Å²) in [5.74, 6) is 0. The third-order valence-corrected chi connectivity index (χ3v) is 66.3. The van der Waals surface area contributed by atoms with E-state index in [9.17, 15) is 0 Å². The van der Waals surface area contributed by atoms with Gasteiger partial charge in [-0.2, -0.15) is 0 Å². The van der Waals surface area contributed by atoms with Crippen molar-refractivity contribution in [2.45, 2.75) is 0 Å². The third-order valence-electron chi connectivity index (χ3n) is 20.2. The van der Waals surface area contributed by atoms with Gasteiger partial charge in [0.2, 0.25) is 0 Å². The van der Waals surface area contributed by atoms with Gasteiger partial charge in [0.25, 0.3) is 0 Å². The van der Waals surface area contributed by atoms with Gasteiger partial charge in [0, 0.05) is 0 Å². The number of benzene rings is 20. The zero-order chi connectivity index (χ0) is 103. The maximum absolute atomic E-state index is 15.3. The summed E-state index contributed by atoms with van der Waals surface area (Å²) in [5.41, 5.74) is 0. The van der Waals surface area contributed by atoms with Crippen LogP contribution in [0.1, 0.15) is 0 Å². The van der Waals surface area contributed by atoms with Crippen molar-refractivity contribution in [3.63, 3.8) is 0 Å². The third kappa shape index (κ3) is 36.2. The van der Waals surface area contributed by atoms with E-state index in [-0.39, 0.29) is 0 Å². The first-order valence-electron chi connectivity index (χ1n) is 47.0. The molecule has 30 heteroatoms. The second-order valence-corrected chi connectivity index (χ2v) is 74.9. The van der Waals surface area contributed by atoms with E-state index in [4.69, 9.17) is 29.8 Å². The van der Waals surface area contributed by atoms with Crippen molar-refractivity contribution in [2.75, 3.05) is 0 Å². The fourth-order valence-corrected chi connectivity index (χ4v) is 55.1. The SMILES string of the molecule is FB(OI(c1ccccc1)c1ccccc1)OI(c1ccccc1)c1ccccc1.FB(OI(c1ccccc1)c1ccccc1)OI(c1ccccc1)c1ccccc1.FB(OI(c1ccccc1)c1ccccc1)OI(c1ccccc1)c1ccccc1.FB(OI(c1ccccc1)c1ccccc1)OI(c1ccccc1)c1ccccc1.FB(OI(c1ccccc1)c1ccccc1)OI(c1ccccc1)c1ccccc1. The van der Waals surface area contributed by atoms with Crippen molar-refractivity contribution in [2.24, 2.45) is 0 Å². The van der Waals surface area contributed by atoms with Gasteiger partial charge in [-0.1, -0.05) is 0 Å². The second kappa shape index (κ2) is 63.9. The summed E-state index contributed by atoms with van der Waals surface area (Å²) in [6.45, 7) is 0. The molecule has 0 radical (unpaired) electrons. The van der Waals surface area contributed by atoms with Crippen molar-refractivity contribution in [3.05, 3.63) is 678 Å². The average molecular weight is 3120 g/mol. The van der Waals surface area contributed by atoms with Gasteiger partial charge in [0.05, 0.1) is 0 Å². The minimum atomic E-state index is -2.45. The van der Waals surface area contributed by atoms with Gasteiger partial charge < -0.3 is 0 Å². The molecular formula is C120H100B5F5I10O10. The fraction of sp³-hybridized carbons (Fsp3) is 0. The quantitative estimate of drug-likeness (QED) is 0.0210. The molecule has 0 fully saturated rings. The molecule has 0 unspecified atom stereocenters. The molecule has 0 bridgehead atoms. The van der Waals surface area contributed by atoms with Crippen LogP contribution in [0, 0.1) is 71.4 Å². The van der Waals surface area contributed by atoms with Gasteiger partial charge in [-0.15, -0.1) is 0 Å². The van der Waals surface area contributed by atoms with Gasteiger partial charge >= 0.3 is 969 Å². The summed E-state index contributed by atoms with van der Waals surface area (Å²) in [6, 6.07) is 198.